The highest BCUT2D eigenvalue weighted by molar-refractivity contribution is 5.95. The second-order valence-corrected chi connectivity index (χ2v) is 6.15. The molecule has 26 heavy (non-hydrogen) atoms. The van der Waals surface area contributed by atoms with Crippen LogP contribution >= 0.6 is 0 Å². The van der Waals surface area contributed by atoms with E-state index in [2.05, 4.69) is 25.6 Å². The van der Waals surface area contributed by atoms with Crippen LogP contribution in [0.1, 0.15) is 28.3 Å². The third kappa shape index (κ3) is 4.47. The Morgan fingerprint density at radius 3 is 2.77 bits per heavy atom. The van der Waals surface area contributed by atoms with Gasteiger partial charge >= 0.3 is 0 Å². The van der Waals surface area contributed by atoms with E-state index >= 15 is 0 Å². The summed E-state index contributed by atoms with van der Waals surface area (Å²) in [6.07, 6.45) is 4.35. The zero-order valence-corrected chi connectivity index (χ0v) is 15.0. The van der Waals surface area contributed by atoms with Gasteiger partial charge in [-0.2, -0.15) is 0 Å². The lowest BCUT2D eigenvalue weighted by atomic mass is 10.1. The van der Waals surface area contributed by atoms with E-state index in [9.17, 15) is 4.79 Å². The number of nitrogens with one attached hydrogen (secondary N) is 3. The summed E-state index contributed by atoms with van der Waals surface area (Å²) in [6.45, 7) is 5.29. The van der Waals surface area contributed by atoms with Gasteiger partial charge in [0.05, 0.1) is 11.4 Å². The average molecular weight is 349 g/mol. The normalized spacial score (nSPS) is 10.5. The van der Waals surface area contributed by atoms with Crippen molar-refractivity contribution in [1.82, 2.24) is 20.3 Å². The fraction of sp³-hybridized carbons (Fsp3) is 0.250. The first kappa shape index (κ1) is 17.7. The Labute approximate surface area is 153 Å². The molecule has 0 radical (unpaired) electrons. The molecule has 3 aromatic rings. The van der Waals surface area contributed by atoms with Crippen LogP contribution in [-0.4, -0.2) is 33.9 Å². The van der Waals surface area contributed by atoms with Crippen molar-refractivity contribution in [3.8, 4) is 11.3 Å². The molecule has 134 valence electrons. The van der Waals surface area contributed by atoms with Crippen molar-refractivity contribution in [1.29, 1.82) is 0 Å². The average Bonchev–Trinajstić information content (AvgIpc) is 3.00. The molecule has 0 unspecified atom stereocenters. The van der Waals surface area contributed by atoms with E-state index in [1.54, 1.807) is 12.4 Å². The molecule has 6 heteroatoms. The summed E-state index contributed by atoms with van der Waals surface area (Å²) in [7, 11) is 0. The summed E-state index contributed by atoms with van der Waals surface area (Å²) in [5.74, 6) is 0.798. The maximum atomic E-state index is 12.4. The molecule has 3 N–H and O–H groups in total. The fourth-order valence-corrected chi connectivity index (χ4v) is 2.79. The molecule has 2 heterocycles. The molecular weight excluding hydrogens is 326 g/mol. The lowest BCUT2D eigenvalue weighted by Crippen LogP contribution is -2.25. The molecule has 0 saturated heterocycles. The Kier molecular flexibility index (Phi) is 5.63. The smallest absolute Gasteiger partial charge is 0.251 e. The molecule has 0 aliphatic carbocycles. The lowest BCUT2D eigenvalue weighted by molar-refractivity contribution is 0.0953. The van der Waals surface area contributed by atoms with Crippen molar-refractivity contribution in [2.24, 2.45) is 0 Å². The number of hydrogen-bond donors (Lipinski definition) is 3. The van der Waals surface area contributed by atoms with Gasteiger partial charge in [0.2, 0.25) is 0 Å². The zero-order chi connectivity index (χ0) is 18.4. The fourth-order valence-electron chi connectivity index (χ4n) is 2.79. The number of rotatable bonds is 7. The van der Waals surface area contributed by atoms with Crippen LogP contribution in [0.4, 0.5) is 5.69 Å². The number of carbonyl (C=O) groups is 1. The van der Waals surface area contributed by atoms with Crippen LogP contribution in [0, 0.1) is 13.8 Å². The van der Waals surface area contributed by atoms with Gasteiger partial charge in [-0.05, 0) is 44.5 Å². The zero-order valence-electron chi connectivity index (χ0n) is 15.0. The summed E-state index contributed by atoms with van der Waals surface area (Å²) in [4.78, 5) is 24.1. The second-order valence-electron chi connectivity index (χ2n) is 6.15. The van der Waals surface area contributed by atoms with Crippen molar-refractivity contribution in [3.63, 3.8) is 0 Å². The summed E-state index contributed by atoms with van der Waals surface area (Å²) in [6, 6.07) is 11.4. The molecule has 0 fully saturated rings. The minimum atomic E-state index is -0.0712. The maximum Gasteiger partial charge on any atom is 0.251 e. The van der Waals surface area contributed by atoms with Gasteiger partial charge in [-0.3, -0.25) is 9.78 Å². The van der Waals surface area contributed by atoms with E-state index in [0.717, 1.165) is 41.4 Å². The number of aromatic nitrogens is 3. The van der Waals surface area contributed by atoms with Crippen LogP contribution in [0.2, 0.25) is 0 Å². The third-order valence-corrected chi connectivity index (χ3v) is 4.03. The number of carbonyl (C=O) groups excluding carboxylic acids is 1. The van der Waals surface area contributed by atoms with E-state index in [-0.39, 0.29) is 5.91 Å². The predicted molar refractivity (Wildman–Crippen MR) is 103 cm³/mol. The molecular formula is C20H23N5O. The van der Waals surface area contributed by atoms with E-state index in [1.807, 2.05) is 50.2 Å². The van der Waals surface area contributed by atoms with E-state index in [1.165, 1.54) is 0 Å². The van der Waals surface area contributed by atoms with Crippen LogP contribution in [0.3, 0.4) is 0 Å². The SMILES string of the molecule is Cc1nc(-c2cccc(C(=O)NCCCNc3cccnc3)c2)c(C)[nH]1. The van der Waals surface area contributed by atoms with Crippen LogP contribution in [-0.2, 0) is 0 Å². The Balaban J connectivity index is 1.52. The Morgan fingerprint density at radius 1 is 1.15 bits per heavy atom. The van der Waals surface area contributed by atoms with Crippen molar-refractivity contribution in [2.45, 2.75) is 20.3 Å². The van der Waals surface area contributed by atoms with Gasteiger partial charge in [-0.1, -0.05) is 12.1 Å². The highest BCUT2D eigenvalue weighted by Gasteiger charge is 2.10. The van der Waals surface area contributed by atoms with Gasteiger partial charge in [-0.25, -0.2) is 4.98 Å². The number of nitrogens with zero attached hydrogens (tertiary/aromatic N) is 2. The van der Waals surface area contributed by atoms with Gasteiger partial charge in [0.25, 0.3) is 5.91 Å². The molecule has 0 bridgehead atoms. The number of aromatic amines is 1. The number of H-pyrrole nitrogens is 1. The molecule has 1 aromatic carbocycles. The number of hydrogen-bond acceptors (Lipinski definition) is 4. The topological polar surface area (TPSA) is 82.7 Å². The first-order valence-corrected chi connectivity index (χ1v) is 8.69. The van der Waals surface area contributed by atoms with Crippen molar-refractivity contribution < 1.29 is 4.79 Å². The molecule has 0 aliphatic rings. The second kappa shape index (κ2) is 8.29. The van der Waals surface area contributed by atoms with Crippen LogP contribution in [0.5, 0.6) is 0 Å². The summed E-state index contributed by atoms with van der Waals surface area (Å²) >= 11 is 0. The standard InChI is InChI=1S/C20H23N5O/c1-14-19(25-15(2)24-14)16-6-3-7-17(12-16)20(26)23-11-5-10-22-18-8-4-9-21-13-18/h3-4,6-9,12-13,22H,5,10-11H2,1-2H3,(H,23,26)(H,24,25). The highest BCUT2D eigenvalue weighted by Crippen LogP contribution is 2.22. The number of imidazole rings is 1. The maximum absolute atomic E-state index is 12.4. The number of anilines is 1. The van der Waals surface area contributed by atoms with Crippen LogP contribution < -0.4 is 10.6 Å². The van der Waals surface area contributed by atoms with Gasteiger partial charge in [0.1, 0.15) is 5.82 Å². The lowest BCUT2D eigenvalue weighted by Gasteiger charge is -2.08. The monoisotopic (exact) mass is 349 g/mol. The van der Waals surface area contributed by atoms with Crippen LogP contribution in [0.25, 0.3) is 11.3 Å². The van der Waals surface area contributed by atoms with Gasteiger partial charge < -0.3 is 15.6 Å². The van der Waals surface area contributed by atoms with Crippen molar-refractivity contribution >= 4 is 11.6 Å². The Hall–Kier alpha value is -3.15. The van der Waals surface area contributed by atoms with E-state index in [0.29, 0.717) is 12.1 Å². The van der Waals surface area contributed by atoms with E-state index in [4.69, 9.17) is 0 Å². The third-order valence-electron chi connectivity index (χ3n) is 4.03. The summed E-state index contributed by atoms with van der Waals surface area (Å²) in [5, 5.41) is 6.23. The first-order chi connectivity index (χ1) is 12.6. The summed E-state index contributed by atoms with van der Waals surface area (Å²) in [5.41, 5.74) is 4.45. The highest BCUT2D eigenvalue weighted by atomic mass is 16.1. The van der Waals surface area contributed by atoms with E-state index < -0.39 is 0 Å². The molecule has 6 nitrogen and oxygen atoms in total. The molecule has 0 atom stereocenters. The van der Waals surface area contributed by atoms with Gasteiger partial charge in [0.15, 0.2) is 0 Å². The minimum absolute atomic E-state index is 0.0712. The molecule has 0 aliphatic heterocycles. The molecule has 1 amide bonds. The Bertz CT molecular complexity index is 873. The molecule has 0 saturated carbocycles. The van der Waals surface area contributed by atoms with Crippen LogP contribution in [0.15, 0.2) is 48.8 Å². The number of pyridine rings is 1. The first-order valence-electron chi connectivity index (χ1n) is 8.69. The number of amides is 1. The molecule has 3 rings (SSSR count). The Morgan fingerprint density at radius 2 is 2.04 bits per heavy atom. The predicted octanol–water partition coefficient (Wildman–Crippen LogP) is 3.32. The summed E-state index contributed by atoms with van der Waals surface area (Å²) < 4.78 is 0. The van der Waals surface area contributed by atoms with Crippen molar-refractivity contribution in [2.75, 3.05) is 18.4 Å². The van der Waals surface area contributed by atoms with Crippen molar-refractivity contribution in [3.05, 3.63) is 65.9 Å². The molecule has 0 spiro atoms. The molecule has 2 aromatic heterocycles. The minimum Gasteiger partial charge on any atom is -0.384 e. The number of benzene rings is 1. The largest absolute Gasteiger partial charge is 0.384 e. The van der Waals surface area contributed by atoms with Gasteiger partial charge in [-0.15, -0.1) is 0 Å². The number of aryl methyl sites for hydroxylation is 2. The van der Waals surface area contributed by atoms with Gasteiger partial charge in [0, 0.05) is 42.3 Å². The quantitative estimate of drug-likeness (QED) is 0.572.